The number of nitrogens with two attached hydrogens (primary N) is 1. The van der Waals surface area contributed by atoms with Crippen molar-refractivity contribution in [3.8, 4) is 11.5 Å². The number of hydrogen-bond acceptors (Lipinski definition) is 10. The molecular weight excluding hydrogens is 789 g/mol. The third-order valence-electron chi connectivity index (χ3n) is 13.4. The number of likely N-dealkylation sites (N-methyl/N-ethyl adjacent to an activating group) is 1. The number of nitrogens with one attached hydrogen (secondary N) is 3. The lowest BCUT2D eigenvalue weighted by Gasteiger charge is -2.44. The van der Waals surface area contributed by atoms with Crippen LogP contribution in [0.5, 0.6) is 11.5 Å². The van der Waals surface area contributed by atoms with E-state index in [1.807, 2.05) is 25.4 Å². The molecule has 0 bridgehead atoms. The van der Waals surface area contributed by atoms with E-state index in [2.05, 4.69) is 76.6 Å². The number of methoxy groups -OCH3 is 1. The Labute approximate surface area is 374 Å². The monoisotopic (exact) mass is 859 g/mol. The predicted octanol–water partition coefficient (Wildman–Crippen LogP) is 6.91. The van der Waals surface area contributed by atoms with Crippen LogP contribution in [0.4, 0.5) is 0 Å². The zero-order valence-corrected chi connectivity index (χ0v) is 37.4. The summed E-state index contributed by atoms with van der Waals surface area (Å²) in [6, 6.07) is 22.8. The van der Waals surface area contributed by atoms with Crippen LogP contribution in [0, 0.1) is 23.7 Å². The number of hydrogen-bond donors (Lipinski definition) is 7. The lowest BCUT2D eigenvalue weighted by Crippen LogP contribution is -2.48. The molecule has 0 amide bonds. The van der Waals surface area contributed by atoms with Crippen LogP contribution in [-0.4, -0.2) is 79.6 Å². The van der Waals surface area contributed by atoms with E-state index < -0.39 is 6.61 Å². The van der Waals surface area contributed by atoms with Gasteiger partial charge in [-0.05, 0) is 170 Å². The van der Waals surface area contributed by atoms with E-state index in [1.54, 1.807) is 12.1 Å². The number of benzene rings is 3. The summed E-state index contributed by atoms with van der Waals surface area (Å²) in [7, 11) is 3.49. The number of aliphatic hydroxyl groups is 2. The molecule has 6 rings (SSSR count). The number of ketones is 2. The summed E-state index contributed by atoms with van der Waals surface area (Å²) < 4.78 is 5.47. The van der Waals surface area contributed by atoms with Crippen molar-refractivity contribution in [2.75, 3.05) is 40.5 Å². The first-order valence-electron chi connectivity index (χ1n) is 23.1. The second-order valence-electron chi connectivity index (χ2n) is 17.8. The number of fused-ring (bicyclic) bond motifs is 1. The van der Waals surface area contributed by atoms with Gasteiger partial charge in [-0.15, -0.1) is 0 Å². The number of piperidine rings is 1. The number of Topliss-reactive ketones (excluding diaryl/α,β-unsaturated/α-hetero) is 1. The molecule has 3 aliphatic rings. The summed E-state index contributed by atoms with van der Waals surface area (Å²) in [4.78, 5) is 26.8. The highest BCUT2D eigenvalue weighted by atomic mass is 16.5. The molecule has 63 heavy (non-hydrogen) atoms. The van der Waals surface area contributed by atoms with E-state index in [0.29, 0.717) is 65.7 Å². The molecule has 8 N–H and O–H groups in total. The van der Waals surface area contributed by atoms with Gasteiger partial charge in [-0.25, -0.2) is 0 Å². The highest BCUT2D eigenvalue weighted by Crippen LogP contribution is 2.40. The maximum atomic E-state index is 13.5. The molecule has 6 atom stereocenters. The Hall–Kier alpha value is -4.84. The standard InChI is InChI=1S/C53H70N4O6/c1-55-50-21-20-41-33-56-23-22-47(41)49(50)26-37(14-8-24-58)13-7-15-45(60)31-46(61)28-44(35-59)48-32-52(63-2)51(62)29-42(48)27-43-34-57-53(54)30-40(43)19-18-39-12-6-11-38(25-39)17-16-36-9-4-3-5-10-36/h3-6,9-12,20-21,25,28-30,32,34,37,41,47,49-50,53,55-59,62H,7-8,13-19,22-24,26-27,31,33,35,54H2,1-2H3. The van der Waals surface area contributed by atoms with Gasteiger partial charge < -0.3 is 41.7 Å². The van der Waals surface area contributed by atoms with E-state index in [9.17, 15) is 24.9 Å². The molecule has 1 fully saturated rings. The number of rotatable bonds is 24. The Morgan fingerprint density at radius 1 is 0.937 bits per heavy atom. The molecule has 2 aliphatic heterocycles. The number of phenolic OH excluding ortho intramolecular Hbond substituents is 1. The van der Waals surface area contributed by atoms with Gasteiger partial charge >= 0.3 is 0 Å². The van der Waals surface area contributed by atoms with Crippen molar-refractivity contribution >= 4 is 17.1 Å². The van der Waals surface area contributed by atoms with Gasteiger partial charge in [-0.2, -0.15) is 0 Å². The molecule has 2 heterocycles. The van der Waals surface area contributed by atoms with Gasteiger partial charge in [-0.1, -0.05) is 73.2 Å². The number of phenols is 1. The van der Waals surface area contributed by atoms with Crippen LogP contribution >= 0.6 is 0 Å². The molecule has 3 aromatic rings. The van der Waals surface area contributed by atoms with E-state index >= 15 is 0 Å². The van der Waals surface area contributed by atoms with Crippen molar-refractivity contribution in [3.63, 3.8) is 0 Å². The van der Waals surface area contributed by atoms with Gasteiger partial charge in [0.15, 0.2) is 17.3 Å². The number of dihydropyridines is 1. The summed E-state index contributed by atoms with van der Waals surface area (Å²) in [5.41, 5.74) is 13.9. The summed E-state index contributed by atoms with van der Waals surface area (Å²) in [5.74, 6) is 1.70. The number of aryl methyl sites for hydroxylation is 3. The van der Waals surface area contributed by atoms with Gasteiger partial charge in [0.1, 0.15) is 5.78 Å². The number of allylic oxidation sites excluding steroid dienone is 3. The average Bonchev–Trinajstić information content (AvgIpc) is 3.30. The summed E-state index contributed by atoms with van der Waals surface area (Å²) in [6.07, 6.45) is 19.0. The first-order chi connectivity index (χ1) is 30.7. The summed E-state index contributed by atoms with van der Waals surface area (Å²) in [5, 5.41) is 41.6. The highest BCUT2D eigenvalue weighted by Gasteiger charge is 2.38. The van der Waals surface area contributed by atoms with E-state index in [0.717, 1.165) is 82.0 Å². The fraction of sp³-hybridized carbons (Fsp3) is 0.472. The van der Waals surface area contributed by atoms with Crippen molar-refractivity contribution in [2.24, 2.45) is 29.4 Å². The molecule has 0 radical (unpaired) electrons. The Kier molecular flexibility index (Phi) is 18.4. The van der Waals surface area contributed by atoms with Crippen LogP contribution in [0.2, 0.25) is 0 Å². The van der Waals surface area contributed by atoms with Crippen LogP contribution in [0.3, 0.4) is 0 Å². The maximum absolute atomic E-state index is 13.5. The normalized spacial score (nSPS) is 21.5. The minimum Gasteiger partial charge on any atom is -0.504 e. The minimum absolute atomic E-state index is 0.0525. The predicted molar refractivity (Wildman–Crippen MR) is 252 cm³/mol. The van der Waals surface area contributed by atoms with Gasteiger partial charge in [-0.3, -0.25) is 9.59 Å². The van der Waals surface area contributed by atoms with E-state index in [-0.39, 0.29) is 42.3 Å². The van der Waals surface area contributed by atoms with Gasteiger partial charge in [0, 0.05) is 31.8 Å². The molecule has 10 nitrogen and oxygen atoms in total. The van der Waals surface area contributed by atoms with E-state index in [1.165, 1.54) is 29.9 Å². The second-order valence-corrected chi connectivity index (χ2v) is 17.8. The van der Waals surface area contributed by atoms with Crippen molar-refractivity contribution in [3.05, 3.63) is 136 Å². The molecule has 0 saturated carbocycles. The number of aliphatic hydroxyl groups excluding tert-OH is 2. The Balaban J connectivity index is 1.08. The fourth-order valence-corrected chi connectivity index (χ4v) is 10.1. The summed E-state index contributed by atoms with van der Waals surface area (Å²) >= 11 is 0. The lowest BCUT2D eigenvalue weighted by atomic mass is 9.66. The highest BCUT2D eigenvalue weighted by molar-refractivity contribution is 6.07. The van der Waals surface area contributed by atoms with Crippen molar-refractivity contribution < 1.29 is 29.6 Å². The van der Waals surface area contributed by atoms with Crippen molar-refractivity contribution in [2.45, 2.75) is 95.7 Å². The lowest BCUT2D eigenvalue weighted by molar-refractivity contribution is -0.124. The van der Waals surface area contributed by atoms with Crippen LogP contribution in [0.25, 0.3) is 5.57 Å². The zero-order valence-electron chi connectivity index (χ0n) is 37.4. The molecule has 338 valence electrons. The second kappa shape index (κ2) is 24.3. The Morgan fingerprint density at radius 3 is 2.43 bits per heavy atom. The minimum atomic E-state index is -0.444. The summed E-state index contributed by atoms with van der Waals surface area (Å²) in [6.45, 7) is 1.76. The number of carbonyl (C=O) groups is 2. The zero-order chi connectivity index (χ0) is 44.6. The Morgan fingerprint density at radius 2 is 1.68 bits per heavy atom. The van der Waals surface area contributed by atoms with Gasteiger partial charge in [0.05, 0.1) is 26.3 Å². The molecule has 0 aromatic heterocycles. The van der Waals surface area contributed by atoms with Crippen molar-refractivity contribution in [1.29, 1.82) is 0 Å². The van der Waals surface area contributed by atoms with Gasteiger partial charge in [0.25, 0.3) is 0 Å². The third kappa shape index (κ3) is 13.8. The molecule has 1 saturated heterocycles. The molecule has 10 heteroatoms. The third-order valence-corrected chi connectivity index (χ3v) is 13.4. The number of carbonyl (C=O) groups excluding carboxylic acids is 2. The Bertz CT molecular complexity index is 2090. The molecule has 1 aliphatic carbocycles. The fourth-order valence-electron chi connectivity index (χ4n) is 10.1. The largest absolute Gasteiger partial charge is 0.504 e. The maximum Gasteiger partial charge on any atom is 0.163 e. The number of aromatic hydroxyl groups is 1. The number of ether oxygens (including phenoxy) is 1. The molecule has 3 aromatic carbocycles. The topological polar surface area (TPSA) is 166 Å². The molecule has 6 unspecified atom stereocenters. The first kappa shape index (κ1) is 47.6. The average molecular weight is 859 g/mol. The molecule has 0 spiro atoms. The first-order valence-corrected chi connectivity index (χ1v) is 23.1. The van der Waals surface area contributed by atoms with Crippen LogP contribution in [0.1, 0.15) is 85.6 Å². The van der Waals surface area contributed by atoms with Crippen LogP contribution in [0.15, 0.2) is 108 Å². The molecular formula is C53H70N4O6. The quantitative estimate of drug-likeness (QED) is 0.0286. The van der Waals surface area contributed by atoms with E-state index in [4.69, 9.17) is 10.5 Å². The SMILES string of the molecule is CNC1C=CC2CNCCC2C1CC(CCCO)CCCC(=O)CC(=O)C=C(CO)c1cc(OC)c(O)cc1CC1=CNC(N)C=C1CCc1cccc(CCc2ccccc2)c1. The van der Waals surface area contributed by atoms with Crippen LogP contribution in [-0.2, 0) is 35.3 Å². The van der Waals surface area contributed by atoms with Crippen molar-refractivity contribution in [1.82, 2.24) is 16.0 Å². The van der Waals surface area contributed by atoms with Crippen LogP contribution < -0.4 is 26.4 Å². The van der Waals surface area contributed by atoms with Gasteiger partial charge in [0.2, 0.25) is 0 Å². The smallest absolute Gasteiger partial charge is 0.163 e.